The molecule has 0 aliphatic heterocycles. The Labute approximate surface area is 55.7 Å². The highest BCUT2D eigenvalue weighted by Crippen LogP contribution is 2.05. The number of allylic oxidation sites excluding steroid dienone is 3. The van der Waals surface area contributed by atoms with Gasteiger partial charge < -0.3 is 5.11 Å². The fraction of sp³-hybridized carbons (Fsp3) is 0.500. The molecule has 50 valence electrons. The summed E-state index contributed by atoms with van der Waals surface area (Å²) in [5.41, 5.74) is 0. The topological polar surface area (TPSA) is 20.2 Å². The van der Waals surface area contributed by atoms with E-state index in [0.29, 0.717) is 0 Å². The van der Waals surface area contributed by atoms with E-state index < -0.39 is 0 Å². The van der Waals surface area contributed by atoms with Crippen LogP contribution < -0.4 is 0 Å². The highest BCUT2D eigenvalue weighted by Gasteiger charge is 1.99. The average molecular weight is 124 g/mol. The highest BCUT2D eigenvalue weighted by molar-refractivity contribution is 5.04. The molecular formula is C8H12O. The van der Waals surface area contributed by atoms with Gasteiger partial charge in [0, 0.05) is 0 Å². The van der Waals surface area contributed by atoms with Crippen LogP contribution in [0.4, 0.5) is 0 Å². The predicted octanol–water partition coefficient (Wildman–Crippen LogP) is 1.64. The van der Waals surface area contributed by atoms with E-state index in [0.717, 1.165) is 19.3 Å². The second-order valence-electron chi connectivity index (χ2n) is 2.32. The Hall–Kier alpha value is -0.560. The van der Waals surface area contributed by atoms with E-state index in [1.165, 1.54) is 0 Å². The van der Waals surface area contributed by atoms with Crippen molar-refractivity contribution in [3.05, 3.63) is 24.3 Å². The first-order valence-corrected chi connectivity index (χ1v) is 3.39. The summed E-state index contributed by atoms with van der Waals surface area (Å²) in [5, 5.41) is 9.13. The largest absolute Gasteiger partial charge is 0.393 e. The molecule has 1 heteroatoms. The molecule has 0 radical (unpaired) electrons. The number of rotatable bonds is 0. The molecule has 1 atom stereocenters. The number of hydrogen-bond acceptors (Lipinski definition) is 1. The van der Waals surface area contributed by atoms with Crippen molar-refractivity contribution in [1.82, 2.24) is 0 Å². The molecule has 0 bridgehead atoms. The van der Waals surface area contributed by atoms with E-state index >= 15 is 0 Å². The van der Waals surface area contributed by atoms with Crippen molar-refractivity contribution in [3.8, 4) is 0 Å². The summed E-state index contributed by atoms with van der Waals surface area (Å²) in [7, 11) is 0. The smallest absolute Gasteiger partial charge is 0.0577 e. The Kier molecular flexibility index (Phi) is 2.52. The summed E-state index contributed by atoms with van der Waals surface area (Å²) < 4.78 is 0. The number of aliphatic hydroxyl groups is 1. The highest BCUT2D eigenvalue weighted by atomic mass is 16.3. The van der Waals surface area contributed by atoms with Gasteiger partial charge in [-0.3, -0.25) is 0 Å². The number of aliphatic hydroxyl groups excluding tert-OH is 1. The van der Waals surface area contributed by atoms with Crippen molar-refractivity contribution >= 4 is 0 Å². The first-order valence-electron chi connectivity index (χ1n) is 3.39. The zero-order chi connectivity index (χ0) is 6.53. The molecule has 1 aliphatic carbocycles. The normalized spacial score (nSPS) is 27.4. The first-order chi connectivity index (χ1) is 4.39. The Morgan fingerprint density at radius 3 is 2.89 bits per heavy atom. The van der Waals surface area contributed by atoms with Crippen molar-refractivity contribution in [3.63, 3.8) is 0 Å². The molecule has 0 amide bonds. The zero-order valence-electron chi connectivity index (χ0n) is 5.46. The molecule has 1 nitrogen and oxygen atoms in total. The van der Waals surface area contributed by atoms with E-state index in [1.807, 2.05) is 18.2 Å². The molecule has 0 aromatic carbocycles. The Balaban J connectivity index is 2.40. The van der Waals surface area contributed by atoms with E-state index in [9.17, 15) is 0 Å². The van der Waals surface area contributed by atoms with Gasteiger partial charge >= 0.3 is 0 Å². The predicted molar refractivity (Wildman–Crippen MR) is 38.1 cm³/mol. The maximum atomic E-state index is 9.13. The summed E-state index contributed by atoms with van der Waals surface area (Å²) in [6.07, 6.45) is 10.7. The average Bonchev–Trinajstić information content (AvgIpc) is 1.79. The first kappa shape index (κ1) is 6.56. The maximum absolute atomic E-state index is 9.13. The molecule has 1 aliphatic rings. The van der Waals surface area contributed by atoms with Gasteiger partial charge in [-0.2, -0.15) is 0 Å². The van der Waals surface area contributed by atoms with Gasteiger partial charge in [-0.15, -0.1) is 0 Å². The second kappa shape index (κ2) is 3.46. The molecule has 0 saturated heterocycles. The van der Waals surface area contributed by atoms with E-state index in [1.54, 1.807) is 0 Å². The summed E-state index contributed by atoms with van der Waals surface area (Å²) in [4.78, 5) is 0. The molecule has 0 aromatic rings. The quantitative estimate of drug-likeness (QED) is 0.520. The van der Waals surface area contributed by atoms with Crippen molar-refractivity contribution in [1.29, 1.82) is 0 Å². The third-order valence-electron chi connectivity index (χ3n) is 1.46. The summed E-state index contributed by atoms with van der Waals surface area (Å²) >= 11 is 0. The van der Waals surface area contributed by atoms with Crippen molar-refractivity contribution < 1.29 is 5.11 Å². The Morgan fingerprint density at radius 1 is 1.22 bits per heavy atom. The Bertz CT molecular complexity index is 125. The molecule has 9 heavy (non-hydrogen) atoms. The van der Waals surface area contributed by atoms with Crippen LogP contribution in [0, 0.1) is 0 Å². The van der Waals surface area contributed by atoms with Crippen LogP contribution in [-0.2, 0) is 0 Å². The van der Waals surface area contributed by atoms with E-state index in [-0.39, 0.29) is 6.10 Å². The van der Waals surface area contributed by atoms with Gasteiger partial charge in [0.15, 0.2) is 0 Å². The summed E-state index contributed by atoms with van der Waals surface area (Å²) in [5.74, 6) is 0. The van der Waals surface area contributed by atoms with Gasteiger partial charge in [0.2, 0.25) is 0 Å². The minimum Gasteiger partial charge on any atom is -0.393 e. The van der Waals surface area contributed by atoms with Gasteiger partial charge in [0.25, 0.3) is 0 Å². The van der Waals surface area contributed by atoms with Gasteiger partial charge in [-0.1, -0.05) is 24.3 Å². The SMILES string of the molecule is OC1CC=CC=CCC1. The minimum atomic E-state index is -0.119. The number of hydrogen-bond donors (Lipinski definition) is 1. The van der Waals surface area contributed by atoms with Crippen LogP contribution in [0.5, 0.6) is 0 Å². The summed E-state index contributed by atoms with van der Waals surface area (Å²) in [6.45, 7) is 0. The van der Waals surface area contributed by atoms with E-state index in [4.69, 9.17) is 5.11 Å². The van der Waals surface area contributed by atoms with E-state index in [2.05, 4.69) is 6.08 Å². The van der Waals surface area contributed by atoms with Crippen molar-refractivity contribution in [2.24, 2.45) is 0 Å². The molecule has 0 aromatic heterocycles. The van der Waals surface area contributed by atoms with Gasteiger partial charge in [-0.25, -0.2) is 0 Å². The van der Waals surface area contributed by atoms with Gasteiger partial charge in [0.05, 0.1) is 6.10 Å². The lowest BCUT2D eigenvalue weighted by atomic mass is 10.1. The molecular weight excluding hydrogens is 112 g/mol. The molecule has 1 N–H and O–H groups in total. The van der Waals surface area contributed by atoms with Crippen molar-refractivity contribution in [2.75, 3.05) is 0 Å². The zero-order valence-corrected chi connectivity index (χ0v) is 5.46. The van der Waals surface area contributed by atoms with Crippen molar-refractivity contribution in [2.45, 2.75) is 25.4 Å². The molecule has 0 fully saturated rings. The standard InChI is InChI=1S/C8H12O/c9-8-6-4-2-1-3-5-7-8/h1-4,8-9H,5-7H2. The molecule has 1 rings (SSSR count). The van der Waals surface area contributed by atoms with Gasteiger partial charge in [0.1, 0.15) is 0 Å². The lowest BCUT2D eigenvalue weighted by Gasteiger charge is -2.05. The van der Waals surface area contributed by atoms with Crippen LogP contribution in [-0.4, -0.2) is 11.2 Å². The molecule has 0 saturated carbocycles. The van der Waals surface area contributed by atoms with Crippen LogP contribution in [0.25, 0.3) is 0 Å². The molecule has 0 heterocycles. The summed E-state index contributed by atoms with van der Waals surface area (Å²) in [6, 6.07) is 0. The van der Waals surface area contributed by atoms with Crippen LogP contribution in [0.2, 0.25) is 0 Å². The fourth-order valence-corrected chi connectivity index (χ4v) is 0.895. The third-order valence-corrected chi connectivity index (χ3v) is 1.46. The van der Waals surface area contributed by atoms with Crippen LogP contribution in [0.15, 0.2) is 24.3 Å². The minimum absolute atomic E-state index is 0.119. The maximum Gasteiger partial charge on any atom is 0.0577 e. The van der Waals surface area contributed by atoms with Crippen LogP contribution in [0.3, 0.4) is 0 Å². The van der Waals surface area contributed by atoms with Crippen LogP contribution >= 0.6 is 0 Å². The molecule has 0 spiro atoms. The monoisotopic (exact) mass is 124 g/mol. The lowest BCUT2D eigenvalue weighted by Crippen LogP contribution is -2.03. The molecule has 1 unspecified atom stereocenters. The van der Waals surface area contributed by atoms with Crippen LogP contribution in [0.1, 0.15) is 19.3 Å². The third kappa shape index (κ3) is 2.47. The second-order valence-corrected chi connectivity index (χ2v) is 2.32. The van der Waals surface area contributed by atoms with Gasteiger partial charge in [-0.05, 0) is 19.3 Å². The Morgan fingerprint density at radius 2 is 2.00 bits per heavy atom. The fourth-order valence-electron chi connectivity index (χ4n) is 0.895. The lowest BCUT2D eigenvalue weighted by molar-refractivity contribution is 0.168.